The molecule has 1 saturated heterocycles. The first-order chi connectivity index (χ1) is 20.4. The highest BCUT2D eigenvalue weighted by molar-refractivity contribution is 8.00. The van der Waals surface area contributed by atoms with Gasteiger partial charge in [-0.15, -0.1) is 0 Å². The zero-order valence-corrected chi connectivity index (χ0v) is 24.5. The second kappa shape index (κ2) is 13.7. The number of carbonyl (C=O) groups excluding carboxylic acids is 2. The number of nitrogens with zero attached hydrogens (tertiary/aromatic N) is 2. The van der Waals surface area contributed by atoms with Gasteiger partial charge in [-0.1, -0.05) is 49.0 Å². The summed E-state index contributed by atoms with van der Waals surface area (Å²) in [7, 11) is 1.57. The summed E-state index contributed by atoms with van der Waals surface area (Å²) in [6.07, 6.45) is 2.57. The van der Waals surface area contributed by atoms with Crippen LogP contribution in [0.3, 0.4) is 0 Å². The number of thioether (sulfide) groups is 1. The van der Waals surface area contributed by atoms with Crippen LogP contribution in [0.2, 0.25) is 0 Å². The Morgan fingerprint density at radius 3 is 2.67 bits per heavy atom. The Morgan fingerprint density at radius 1 is 1.12 bits per heavy atom. The van der Waals surface area contributed by atoms with E-state index in [0.29, 0.717) is 46.0 Å². The smallest absolute Gasteiger partial charge is 0.262 e. The number of fused-ring (bicyclic) bond motifs is 1. The Bertz CT molecular complexity index is 1620. The second-order valence-corrected chi connectivity index (χ2v) is 11.3. The molecule has 0 unspecified atom stereocenters. The Labute approximate surface area is 248 Å². The lowest BCUT2D eigenvalue weighted by Gasteiger charge is -2.18. The van der Waals surface area contributed by atoms with Crippen LogP contribution in [0, 0.1) is 0 Å². The molecule has 4 aromatic rings. The first-order valence-corrected chi connectivity index (χ1v) is 14.9. The summed E-state index contributed by atoms with van der Waals surface area (Å²) in [5, 5.41) is 6.34. The molecule has 1 aromatic heterocycles. The van der Waals surface area contributed by atoms with Crippen LogP contribution in [-0.4, -0.2) is 53.0 Å². The number of hydrogen-bond acceptors (Lipinski definition) is 7. The monoisotopic (exact) mass is 586 g/mol. The second-order valence-electron chi connectivity index (χ2n) is 10.1. The van der Waals surface area contributed by atoms with Gasteiger partial charge in [0.05, 0.1) is 35.9 Å². The van der Waals surface area contributed by atoms with Crippen molar-refractivity contribution in [3.05, 3.63) is 94.3 Å². The molecule has 2 atom stereocenters. The molecule has 1 aliphatic heterocycles. The Hall–Kier alpha value is -4.15. The molecule has 218 valence electrons. The molecule has 42 heavy (non-hydrogen) atoms. The first kappa shape index (κ1) is 29.3. The zero-order valence-electron chi connectivity index (χ0n) is 23.7. The van der Waals surface area contributed by atoms with E-state index in [-0.39, 0.29) is 30.0 Å². The van der Waals surface area contributed by atoms with E-state index in [0.717, 1.165) is 25.0 Å². The number of anilines is 1. The molecule has 0 radical (unpaired) electrons. The number of para-hydroxylation sites is 1. The Balaban J connectivity index is 1.36. The summed E-state index contributed by atoms with van der Waals surface area (Å²) in [4.78, 5) is 44.4. The van der Waals surface area contributed by atoms with Gasteiger partial charge in [-0.25, -0.2) is 4.98 Å². The third-order valence-electron chi connectivity index (χ3n) is 7.15. The largest absolute Gasteiger partial charge is 0.497 e. The van der Waals surface area contributed by atoms with Crippen LogP contribution in [0.4, 0.5) is 5.69 Å². The summed E-state index contributed by atoms with van der Waals surface area (Å²) >= 11 is 1.26. The molecule has 3 aromatic carbocycles. The molecule has 0 saturated carbocycles. The molecule has 2 heterocycles. The number of amides is 2. The van der Waals surface area contributed by atoms with E-state index in [9.17, 15) is 14.4 Å². The molecule has 0 bridgehead atoms. The lowest BCUT2D eigenvalue weighted by molar-refractivity contribution is -0.115. The number of methoxy groups -OCH3 is 1. The van der Waals surface area contributed by atoms with Gasteiger partial charge >= 0.3 is 0 Å². The molecule has 5 rings (SSSR count). The molecular formula is C32H34N4O5S. The van der Waals surface area contributed by atoms with Crippen LogP contribution < -0.4 is 20.9 Å². The molecule has 1 fully saturated rings. The SMILES string of the molecule is CC[C@@H](Sc1nc2ccccc2c(=O)n1Cc1ccc(C(=O)NC[C@@H]2CCCO2)cc1)C(=O)Nc1cccc(OC)c1. The van der Waals surface area contributed by atoms with Gasteiger partial charge in [0.2, 0.25) is 5.91 Å². The molecule has 9 nitrogen and oxygen atoms in total. The van der Waals surface area contributed by atoms with Crippen molar-refractivity contribution in [2.75, 3.05) is 25.6 Å². The van der Waals surface area contributed by atoms with E-state index in [2.05, 4.69) is 10.6 Å². The maximum Gasteiger partial charge on any atom is 0.262 e. The van der Waals surface area contributed by atoms with E-state index >= 15 is 0 Å². The highest BCUT2D eigenvalue weighted by Crippen LogP contribution is 2.27. The summed E-state index contributed by atoms with van der Waals surface area (Å²) < 4.78 is 12.4. The predicted molar refractivity (Wildman–Crippen MR) is 164 cm³/mol. The predicted octanol–water partition coefficient (Wildman–Crippen LogP) is 4.87. The van der Waals surface area contributed by atoms with E-state index in [1.165, 1.54) is 11.8 Å². The topological polar surface area (TPSA) is 112 Å². The van der Waals surface area contributed by atoms with Crippen LogP contribution in [0.15, 0.2) is 82.7 Å². The molecule has 0 aliphatic carbocycles. The van der Waals surface area contributed by atoms with Crippen LogP contribution in [0.25, 0.3) is 10.9 Å². The normalized spacial score (nSPS) is 15.3. The van der Waals surface area contributed by atoms with Gasteiger partial charge in [0.15, 0.2) is 5.16 Å². The number of ether oxygens (including phenoxy) is 2. The van der Waals surface area contributed by atoms with Gasteiger partial charge < -0.3 is 20.1 Å². The summed E-state index contributed by atoms with van der Waals surface area (Å²) in [6.45, 7) is 3.40. The fourth-order valence-corrected chi connectivity index (χ4v) is 5.82. The first-order valence-electron chi connectivity index (χ1n) is 14.0. The quantitative estimate of drug-likeness (QED) is 0.191. The highest BCUT2D eigenvalue weighted by Gasteiger charge is 2.23. The minimum absolute atomic E-state index is 0.0703. The summed E-state index contributed by atoms with van der Waals surface area (Å²) in [5.74, 6) is 0.290. The Kier molecular flexibility index (Phi) is 9.55. The van der Waals surface area contributed by atoms with E-state index in [1.54, 1.807) is 48.1 Å². The lowest BCUT2D eigenvalue weighted by atomic mass is 10.1. The molecule has 0 spiro atoms. The van der Waals surface area contributed by atoms with E-state index in [4.69, 9.17) is 14.5 Å². The van der Waals surface area contributed by atoms with Gasteiger partial charge in [-0.3, -0.25) is 19.0 Å². The minimum atomic E-state index is -0.495. The molecule has 1 aliphatic rings. The van der Waals surface area contributed by atoms with Crippen molar-refractivity contribution in [3.63, 3.8) is 0 Å². The van der Waals surface area contributed by atoms with Crippen molar-refractivity contribution in [1.82, 2.24) is 14.9 Å². The third-order valence-corrected chi connectivity index (χ3v) is 8.50. The maximum absolute atomic E-state index is 13.7. The minimum Gasteiger partial charge on any atom is -0.497 e. The zero-order chi connectivity index (χ0) is 29.5. The van der Waals surface area contributed by atoms with Crippen molar-refractivity contribution in [1.29, 1.82) is 0 Å². The van der Waals surface area contributed by atoms with Crippen molar-refractivity contribution in [3.8, 4) is 5.75 Å². The van der Waals surface area contributed by atoms with Crippen molar-refractivity contribution < 1.29 is 19.1 Å². The molecular weight excluding hydrogens is 552 g/mol. The van der Waals surface area contributed by atoms with Crippen LogP contribution in [0.5, 0.6) is 5.75 Å². The fourth-order valence-electron chi connectivity index (χ4n) is 4.81. The fraction of sp³-hybridized carbons (Fsp3) is 0.312. The van der Waals surface area contributed by atoms with Crippen LogP contribution >= 0.6 is 11.8 Å². The number of rotatable bonds is 11. The lowest BCUT2D eigenvalue weighted by Crippen LogP contribution is -2.31. The van der Waals surface area contributed by atoms with Gasteiger partial charge in [0.25, 0.3) is 11.5 Å². The third kappa shape index (κ3) is 7.00. The maximum atomic E-state index is 13.7. The highest BCUT2D eigenvalue weighted by atomic mass is 32.2. The number of aromatic nitrogens is 2. The summed E-state index contributed by atoms with van der Waals surface area (Å²) in [6, 6.07) is 21.6. The van der Waals surface area contributed by atoms with Gasteiger partial charge in [-0.2, -0.15) is 0 Å². The average molecular weight is 587 g/mol. The van der Waals surface area contributed by atoms with Crippen molar-refractivity contribution >= 4 is 40.2 Å². The number of carbonyl (C=O) groups is 2. The summed E-state index contributed by atoms with van der Waals surface area (Å²) in [5.41, 5.74) is 2.38. The average Bonchev–Trinajstić information content (AvgIpc) is 3.54. The van der Waals surface area contributed by atoms with Crippen molar-refractivity contribution in [2.45, 2.75) is 49.2 Å². The van der Waals surface area contributed by atoms with Crippen molar-refractivity contribution in [2.24, 2.45) is 0 Å². The Morgan fingerprint density at radius 2 is 1.93 bits per heavy atom. The van der Waals surface area contributed by atoms with Gasteiger partial charge in [0.1, 0.15) is 5.75 Å². The number of benzene rings is 3. The number of hydrogen-bond donors (Lipinski definition) is 2. The molecule has 2 N–H and O–H groups in total. The van der Waals surface area contributed by atoms with Gasteiger partial charge in [0, 0.05) is 30.5 Å². The van der Waals surface area contributed by atoms with E-state index in [1.807, 2.05) is 43.3 Å². The van der Waals surface area contributed by atoms with E-state index < -0.39 is 5.25 Å². The number of nitrogens with one attached hydrogen (secondary N) is 2. The van der Waals surface area contributed by atoms with Crippen LogP contribution in [0.1, 0.15) is 42.1 Å². The standard InChI is InChI=1S/C32H34N4O5S/c1-3-28(30(38)34-23-8-6-9-24(18-23)40-2)42-32-35-27-12-5-4-11-26(27)31(39)36(32)20-21-13-15-22(16-14-21)29(37)33-19-25-10-7-17-41-25/h4-6,8-9,11-16,18,25,28H,3,7,10,17,19-20H2,1-2H3,(H,33,37)(H,34,38)/t25-,28+/m0/s1. The van der Waals surface area contributed by atoms with Crippen LogP contribution in [-0.2, 0) is 16.1 Å². The molecule has 2 amide bonds. The molecule has 10 heteroatoms. The van der Waals surface area contributed by atoms with Gasteiger partial charge in [-0.05, 0) is 61.2 Å².